The minimum absolute atomic E-state index is 0.240. The summed E-state index contributed by atoms with van der Waals surface area (Å²) < 4.78 is 6.22. The Labute approximate surface area is 137 Å². The molecule has 21 heavy (non-hydrogen) atoms. The lowest BCUT2D eigenvalue weighted by Crippen LogP contribution is -2.29. The number of aryl methyl sites for hydroxylation is 1. The first-order valence-electron chi connectivity index (χ1n) is 6.80. The van der Waals surface area contributed by atoms with Gasteiger partial charge < -0.3 is 4.74 Å². The third kappa shape index (κ3) is 4.40. The fourth-order valence-corrected chi connectivity index (χ4v) is 2.93. The van der Waals surface area contributed by atoms with E-state index in [1.54, 1.807) is 11.3 Å². The van der Waals surface area contributed by atoms with Crippen LogP contribution in [0.2, 0.25) is 0 Å². The number of esters is 1. The van der Waals surface area contributed by atoms with E-state index in [1.807, 2.05) is 49.6 Å². The van der Waals surface area contributed by atoms with E-state index in [0.717, 1.165) is 15.6 Å². The molecule has 1 aromatic carbocycles. The summed E-state index contributed by atoms with van der Waals surface area (Å²) >= 11 is 5.15. The molecule has 112 valence electrons. The summed E-state index contributed by atoms with van der Waals surface area (Å²) in [6.45, 7) is 4.86. The highest BCUT2D eigenvalue weighted by Gasteiger charge is 2.22. The molecular weight excluding hydrogens is 350 g/mol. The number of hydrogen-bond acceptors (Lipinski definition) is 4. The van der Waals surface area contributed by atoms with Crippen molar-refractivity contribution < 1.29 is 9.53 Å². The van der Waals surface area contributed by atoms with Gasteiger partial charge in [0.2, 0.25) is 0 Å². The molecule has 1 N–H and O–H groups in total. The van der Waals surface area contributed by atoms with E-state index >= 15 is 0 Å². The first-order valence-corrected chi connectivity index (χ1v) is 8.47. The fraction of sp³-hybridized carbons (Fsp3) is 0.312. The van der Waals surface area contributed by atoms with Crippen LogP contribution in [0.15, 0.2) is 40.2 Å². The van der Waals surface area contributed by atoms with Gasteiger partial charge in [-0.15, -0.1) is 11.3 Å². The molecule has 0 spiro atoms. The summed E-state index contributed by atoms with van der Waals surface area (Å²) in [7, 11) is 0. The number of nitrogens with one attached hydrogen (secondary N) is 1. The first-order chi connectivity index (χ1) is 10.1. The molecule has 0 saturated heterocycles. The van der Waals surface area contributed by atoms with Crippen molar-refractivity contribution in [3.63, 3.8) is 0 Å². The SMILES string of the molecule is CCOC(=O)C(NCc1cccs1)c1ccc(Br)c(C)c1. The van der Waals surface area contributed by atoms with Crippen molar-refractivity contribution in [1.29, 1.82) is 0 Å². The van der Waals surface area contributed by atoms with Crippen LogP contribution in [0.4, 0.5) is 0 Å². The molecule has 0 bridgehead atoms. The molecular formula is C16H18BrNO2S. The van der Waals surface area contributed by atoms with Gasteiger partial charge in [0.05, 0.1) is 6.61 Å². The third-order valence-electron chi connectivity index (χ3n) is 3.10. The molecule has 0 radical (unpaired) electrons. The largest absolute Gasteiger partial charge is 0.465 e. The monoisotopic (exact) mass is 367 g/mol. The van der Waals surface area contributed by atoms with E-state index in [4.69, 9.17) is 4.74 Å². The smallest absolute Gasteiger partial charge is 0.327 e. The fourth-order valence-electron chi connectivity index (χ4n) is 2.03. The average Bonchev–Trinajstić information content (AvgIpc) is 2.96. The molecule has 5 heteroatoms. The van der Waals surface area contributed by atoms with E-state index in [2.05, 4.69) is 21.2 Å². The maximum atomic E-state index is 12.2. The second kappa shape index (κ2) is 7.73. The van der Waals surface area contributed by atoms with Gasteiger partial charge in [0.25, 0.3) is 0 Å². The molecule has 0 aliphatic rings. The quantitative estimate of drug-likeness (QED) is 0.777. The predicted molar refractivity (Wildman–Crippen MR) is 89.4 cm³/mol. The van der Waals surface area contributed by atoms with E-state index in [0.29, 0.717) is 13.2 Å². The Kier molecular flexibility index (Phi) is 5.96. The average molecular weight is 368 g/mol. The van der Waals surface area contributed by atoms with Crippen LogP contribution in [-0.4, -0.2) is 12.6 Å². The second-order valence-electron chi connectivity index (χ2n) is 4.65. The molecule has 0 fully saturated rings. The Morgan fingerprint density at radius 2 is 2.24 bits per heavy atom. The molecule has 0 amide bonds. The highest BCUT2D eigenvalue weighted by Crippen LogP contribution is 2.23. The zero-order chi connectivity index (χ0) is 15.2. The van der Waals surface area contributed by atoms with Crippen LogP contribution in [0, 0.1) is 6.92 Å². The van der Waals surface area contributed by atoms with Crippen LogP contribution < -0.4 is 5.32 Å². The van der Waals surface area contributed by atoms with Crippen LogP contribution in [0.25, 0.3) is 0 Å². The molecule has 0 aliphatic heterocycles. The number of hydrogen-bond donors (Lipinski definition) is 1. The Hall–Kier alpha value is -1.17. The third-order valence-corrected chi connectivity index (χ3v) is 4.86. The van der Waals surface area contributed by atoms with Crippen molar-refractivity contribution in [3.05, 3.63) is 56.2 Å². The van der Waals surface area contributed by atoms with Crippen LogP contribution in [0.1, 0.15) is 29.0 Å². The standard InChI is InChI=1S/C16H18BrNO2S/c1-3-20-16(19)15(18-10-13-5-4-8-21-13)12-6-7-14(17)11(2)9-12/h4-9,15,18H,3,10H2,1-2H3. The molecule has 1 unspecified atom stereocenters. The second-order valence-corrected chi connectivity index (χ2v) is 6.54. The summed E-state index contributed by atoms with van der Waals surface area (Å²) in [5.74, 6) is -0.240. The van der Waals surface area contributed by atoms with Crippen molar-refractivity contribution in [2.75, 3.05) is 6.61 Å². The minimum atomic E-state index is -0.446. The van der Waals surface area contributed by atoms with E-state index in [-0.39, 0.29) is 5.97 Å². The molecule has 3 nitrogen and oxygen atoms in total. The zero-order valence-corrected chi connectivity index (χ0v) is 14.5. The molecule has 1 atom stereocenters. The molecule has 2 aromatic rings. The summed E-state index contributed by atoms with van der Waals surface area (Å²) in [6, 6.07) is 9.52. The van der Waals surface area contributed by atoms with Gasteiger partial charge in [-0.25, -0.2) is 4.79 Å². The van der Waals surface area contributed by atoms with Crippen LogP contribution in [0.3, 0.4) is 0 Å². The van der Waals surface area contributed by atoms with E-state index < -0.39 is 6.04 Å². The van der Waals surface area contributed by atoms with Gasteiger partial charge in [-0.3, -0.25) is 5.32 Å². The number of thiophene rings is 1. The number of carbonyl (C=O) groups is 1. The van der Waals surface area contributed by atoms with Crippen LogP contribution in [0.5, 0.6) is 0 Å². The topological polar surface area (TPSA) is 38.3 Å². The lowest BCUT2D eigenvalue weighted by Gasteiger charge is -2.18. The summed E-state index contributed by atoms with van der Waals surface area (Å²) in [5.41, 5.74) is 2.02. The molecule has 1 aromatic heterocycles. The lowest BCUT2D eigenvalue weighted by atomic mass is 10.0. The van der Waals surface area contributed by atoms with Gasteiger partial charge in [0, 0.05) is 15.9 Å². The van der Waals surface area contributed by atoms with Gasteiger partial charge in [0.1, 0.15) is 6.04 Å². The molecule has 2 rings (SSSR count). The maximum absolute atomic E-state index is 12.2. The summed E-state index contributed by atoms with van der Waals surface area (Å²) in [6.07, 6.45) is 0. The number of benzene rings is 1. The Morgan fingerprint density at radius 1 is 1.43 bits per heavy atom. The Morgan fingerprint density at radius 3 is 2.86 bits per heavy atom. The first kappa shape index (κ1) is 16.2. The van der Waals surface area contributed by atoms with Crippen LogP contribution >= 0.6 is 27.3 Å². The van der Waals surface area contributed by atoms with Crippen molar-refractivity contribution in [2.24, 2.45) is 0 Å². The maximum Gasteiger partial charge on any atom is 0.327 e. The van der Waals surface area contributed by atoms with E-state index in [1.165, 1.54) is 4.88 Å². The van der Waals surface area contributed by atoms with Crippen LogP contribution in [-0.2, 0) is 16.1 Å². The normalized spacial score (nSPS) is 12.1. The predicted octanol–water partition coefficient (Wildman–Crippen LogP) is 4.21. The Bertz CT molecular complexity index is 598. The number of rotatable bonds is 6. The molecule has 0 saturated carbocycles. The molecule has 1 heterocycles. The van der Waals surface area contributed by atoms with E-state index in [9.17, 15) is 4.79 Å². The van der Waals surface area contributed by atoms with Crippen molar-refractivity contribution in [3.8, 4) is 0 Å². The van der Waals surface area contributed by atoms with Gasteiger partial charge in [-0.1, -0.05) is 34.1 Å². The highest BCUT2D eigenvalue weighted by atomic mass is 79.9. The number of ether oxygens (including phenoxy) is 1. The van der Waals surface area contributed by atoms with Crippen molar-refractivity contribution in [2.45, 2.75) is 26.4 Å². The zero-order valence-electron chi connectivity index (χ0n) is 12.1. The van der Waals surface area contributed by atoms with Gasteiger partial charge in [-0.05, 0) is 42.5 Å². The van der Waals surface area contributed by atoms with Crippen molar-refractivity contribution >= 4 is 33.2 Å². The number of halogens is 1. The Balaban J connectivity index is 2.18. The van der Waals surface area contributed by atoms with Gasteiger partial charge >= 0.3 is 5.97 Å². The summed E-state index contributed by atoms with van der Waals surface area (Å²) in [5, 5.41) is 5.32. The number of carbonyl (C=O) groups excluding carboxylic acids is 1. The highest BCUT2D eigenvalue weighted by molar-refractivity contribution is 9.10. The summed E-state index contributed by atoms with van der Waals surface area (Å²) in [4.78, 5) is 13.4. The lowest BCUT2D eigenvalue weighted by molar-refractivity contribution is -0.145. The van der Waals surface area contributed by atoms with Gasteiger partial charge in [0.15, 0.2) is 0 Å². The molecule has 0 aliphatic carbocycles. The van der Waals surface area contributed by atoms with Crippen molar-refractivity contribution in [1.82, 2.24) is 5.32 Å². The minimum Gasteiger partial charge on any atom is -0.465 e. The van der Waals surface area contributed by atoms with Gasteiger partial charge in [-0.2, -0.15) is 0 Å².